The Bertz CT molecular complexity index is 494. The molecule has 0 fully saturated rings. The predicted molar refractivity (Wildman–Crippen MR) is 72.2 cm³/mol. The molecule has 0 saturated heterocycles. The Kier molecular flexibility index (Phi) is 3.60. The molecule has 0 bridgehead atoms. The zero-order chi connectivity index (χ0) is 11.5. The zero-order valence-corrected chi connectivity index (χ0v) is 11.4. The first-order valence-corrected chi connectivity index (χ1v) is 6.14. The second kappa shape index (κ2) is 4.97. The SMILES string of the molecule is CNCc1coc(-c2cccc(C)c2I)n1. The van der Waals surface area contributed by atoms with E-state index in [9.17, 15) is 0 Å². The molecular weight excluding hydrogens is 315 g/mol. The number of aryl methyl sites for hydroxylation is 1. The summed E-state index contributed by atoms with van der Waals surface area (Å²) in [5, 5.41) is 3.05. The average molecular weight is 328 g/mol. The predicted octanol–water partition coefficient (Wildman–Crippen LogP) is 2.97. The molecule has 0 saturated carbocycles. The highest BCUT2D eigenvalue weighted by Gasteiger charge is 2.10. The summed E-state index contributed by atoms with van der Waals surface area (Å²) in [4.78, 5) is 4.44. The molecule has 1 N–H and O–H groups in total. The van der Waals surface area contributed by atoms with Gasteiger partial charge in [-0.3, -0.25) is 0 Å². The van der Waals surface area contributed by atoms with Crippen LogP contribution in [0.4, 0.5) is 0 Å². The molecule has 1 heterocycles. The van der Waals surface area contributed by atoms with Gasteiger partial charge in [-0.15, -0.1) is 0 Å². The van der Waals surface area contributed by atoms with Crippen LogP contribution < -0.4 is 5.32 Å². The van der Waals surface area contributed by atoms with Gasteiger partial charge in [-0.1, -0.05) is 12.1 Å². The summed E-state index contributed by atoms with van der Waals surface area (Å²) in [5.74, 6) is 0.693. The Labute approximate surface area is 108 Å². The number of nitrogens with zero attached hydrogens (tertiary/aromatic N) is 1. The first kappa shape index (κ1) is 11.6. The van der Waals surface area contributed by atoms with Crippen LogP contribution in [0, 0.1) is 10.5 Å². The second-order valence-electron chi connectivity index (χ2n) is 3.61. The summed E-state index contributed by atoms with van der Waals surface area (Å²) in [6.45, 7) is 2.81. The van der Waals surface area contributed by atoms with Crippen LogP contribution in [-0.4, -0.2) is 12.0 Å². The van der Waals surface area contributed by atoms with Crippen molar-refractivity contribution in [2.45, 2.75) is 13.5 Å². The van der Waals surface area contributed by atoms with Crippen molar-refractivity contribution in [3.05, 3.63) is 39.3 Å². The normalized spacial score (nSPS) is 10.7. The number of nitrogens with one attached hydrogen (secondary N) is 1. The van der Waals surface area contributed by atoms with Gasteiger partial charge in [0.25, 0.3) is 0 Å². The van der Waals surface area contributed by atoms with Gasteiger partial charge in [-0.05, 0) is 48.2 Å². The maximum absolute atomic E-state index is 5.48. The van der Waals surface area contributed by atoms with E-state index >= 15 is 0 Å². The van der Waals surface area contributed by atoms with E-state index in [0.29, 0.717) is 5.89 Å². The van der Waals surface area contributed by atoms with E-state index < -0.39 is 0 Å². The topological polar surface area (TPSA) is 38.1 Å². The third-order valence-corrected chi connectivity index (χ3v) is 3.76. The van der Waals surface area contributed by atoms with Crippen LogP contribution in [0.5, 0.6) is 0 Å². The van der Waals surface area contributed by atoms with Gasteiger partial charge in [0.2, 0.25) is 5.89 Å². The summed E-state index contributed by atoms with van der Waals surface area (Å²) in [6, 6.07) is 6.14. The van der Waals surface area contributed by atoms with Gasteiger partial charge < -0.3 is 9.73 Å². The van der Waals surface area contributed by atoms with Gasteiger partial charge >= 0.3 is 0 Å². The molecule has 0 aliphatic carbocycles. The molecule has 4 heteroatoms. The summed E-state index contributed by atoms with van der Waals surface area (Å²) in [7, 11) is 1.89. The first-order valence-electron chi connectivity index (χ1n) is 5.07. The standard InChI is InChI=1S/C12H13IN2O/c1-8-4-3-5-10(11(8)13)12-15-9(6-14-2)7-16-12/h3-5,7,14H,6H2,1-2H3. The summed E-state index contributed by atoms with van der Waals surface area (Å²) < 4.78 is 6.68. The van der Waals surface area contributed by atoms with Crippen LogP contribution in [0.25, 0.3) is 11.5 Å². The number of hydrogen-bond acceptors (Lipinski definition) is 3. The lowest BCUT2D eigenvalue weighted by Gasteiger charge is -2.02. The highest BCUT2D eigenvalue weighted by Crippen LogP contribution is 2.26. The van der Waals surface area contributed by atoms with Crippen LogP contribution in [-0.2, 0) is 6.54 Å². The van der Waals surface area contributed by atoms with Crippen LogP contribution in [0.1, 0.15) is 11.3 Å². The van der Waals surface area contributed by atoms with Crippen molar-refractivity contribution in [3.63, 3.8) is 0 Å². The molecule has 0 atom stereocenters. The molecule has 16 heavy (non-hydrogen) atoms. The lowest BCUT2D eigenvalue weighted by molar-refractivity contribution is 0.571. The smallest absolute Gasteiger partial charge is 0.227 e. The summed E-state index contributed by atoms with van der Waals surface area (Å²) >= 11 is 2.32. The lowest BCUT2D eigenvalue weighted by Crippen LogP contribution is -2.04. The minimum atomic E-state index is 0.693. The number of aromatic nitrogens is 1. The fourth-order valence-electron chi connectivity index (χ4n) is 1.51. The van der Waals surface area contributed by atoms with E-state index in [2.05, 4.69) is 45.9 Å². The van der Waals surface area contributed by atoms with E-state index in [0.717, 1.165) is 17.8 Å². The van der Waals surface area contributed by atoms with Crippen molar-refractivity contribution < 1.29 is 4.42 Å². The van der Waals surface area contributed by atoms with E-state index in [1.54, 1.807) is 6.26 Å². The van der Waals surface area contributed by atoms with Crippen molar-refractivity contribution in [3.8, 4) is 11.5 Å². The number of rotatable bonds is 3. The van der Waals surface area contributed by atoms with Crippen molar-refractivity contribution in [1.29, 1.82) is 0 Å². The summed E-state index contributed by atoms with van der Waals surface area (Å²) in [6.07, 6.45) is 1.70. The minimum absolute atomic E-state index is 0.693. The van der Waals surface area contributed by atoms with E-state index in [4.69, 9.17) is 4.42 Å². The Morgan fingerprint density at radius 3 is 3.00 bits per heavy atom. The fraction of sp³-hybridized carbons (Fsp3) is 0.250. The van der Waals surface area contributed by atoms with Gasteiger partial charge in [0, 0.05) is 10.1 Å². The molecule has 3 nitrogen and oxygen atoms in total. The van der Waals surface area contributed by atoms with E-state index in [1.807, 2.05) is 19.2 Å². The molecule has 0 aliphatic rings. The van der Waals surface area contributed by atoms with Gasteiger partial charge in [-0.2, -0.15) is 0 Å². The van der Waals surface area contributed by atoms with E-state index in [-0.39, 0.29) is 0 Å². The minimum Gasteiger partial charge on any atom is -0.444 e. The number of hydrogen-bond donors (Lipinski definition) is 1. The van der Waals surface area contributed by atoms with Crippen LogP contribution in [0.3, 0.4) is 0 Å². The average Bonchev–Trinajstić information content (AvgIpc) is 2.71. The molecule has 0 unspecified atom stereocenters. The van der Waals surface area contributed by atoms with Crippen LogP contribution in [0.2, 0.25) is 0 Å². The third-order valence-electron chi connectivity index (χ3n) is 2.33. The lowest BCUT2D eigenvalue weighted by atomic mass is 10.1. The van der Waals surface area contributed by atoms with Crippen molar-refractivity contribution in [1.82, 2.24) is 10.3 Å². The second-order valence-corrected chi connectivity index (χ2v) is 4.69. The molecular formula is C12H13IN2O. The molecule has 2 rings (SSSR count). The Balaban J connectivity index is 2.39. The van der Waals surface area contributed by atoms with Gasteiger partial charge in [0.1, 0.15) is 6.26 Å². The van der Waals surface area contributed by atoms with Gasteiger partial charge in [-0.25, -0.2) is 4.98 Å². The molecule has 0 spiro atoms. The summed E-state index contributed by atoms with van der Waals surface area (Å²) in [5.41, 5.74) is 3.23. The number of oxazole rings is 1. The molecule has 1 aromatic heterocycles. The zero-order valence-electron chi connectivity index (χ0n) is 9.25. The van der Waals surface area contributed by atoms with Gasteiger partial charge in [0.05, 0.1) is 11.3 Å². The highest BCUT2D eigenvalue weighted by atomic mass is 127. The Morgan fingerprint density at radius 2 is 2.25 bits per heavy atom. The van der Waals surface area contributed by atoms with Crippen LogP contribution >= 0.6 is 22.6 Å². The Morgan fingerprint density at radius 1 is 1.44 bits per heavy atom. The van der Waals surface area contributed by atoms with Crippen molar-refractivity contribution >= 4 is 22.6 Å². The quantitative estimate of drug-likeness (QED) is 0.881. The van der Waals surface area contributed by atoms with Crippen LogP contribution in [0.15, 0.2) is 28.9 Å². The number of benzene rings is 1. The fourth-order valence-corrected chi connectivity index (χ4v) is 2.10. The van der Waals surface area contributed by atoms with Crippen molar-refractivity contribution in [2.24, 2.45) is 0 Å². The maximum Gasteiger partial charge on any atom is 0.227 e. The molecule has 2 aromatic rings. The largest absolute Gasteiger partial charge is 0.444 e. The molecule has 0 amide bonds. The molecule has 1 aromatic carbocycles. The number of halogens is 1. The Hall–Kier alpha value is -0.880. The third kappa shape index (κ3) is 2.27. The van der Waals surface area contributed by atoms with Crippen molar-refractivity contribution in [2.75, 3.05) is 7.05 Å². The molecule has 84 valence electrons. The van der Waals surface area contributed by atoms with Gasteiger partial charge in [0.15, 0.2) is 0 Å². The molecule has 0 aliphatic heterocycles. The maximum atomic E-state index is 5.48. The monoisotopic (exact) mass is 328 g/mol. The first-order chi connectivity index (χ1) is 7.72. The molecule has 0 radical (unpaired) electrons. The van der Waals surface area contributed by atoms with E-state index in [1.165, 1.54) is 9.13 Å². The highest BCUT2D eigenvalue weighted by molar-refractivity contribution is 14.1.